The Morgan fingerprint density at radius 2 is 1.68 bits per heavy atom. The highest BCUT2D eigenvalue weighted by atomic mass is 16.5. The molecule has 2 N–H and O–H groups in total. The molecule has 2 aromatic carbocycles. The van der Waals surface area contributed by atoms with Crippen LogP contribution in [-0.4, -0.2) is 42.2 Å². The lowest BCUT2D eigenvalue weighted by molar-refractivity contribution is -0.132. The first kappa shape index (κ1) is 18.5. The molecule has 1 unspecified atom stereocenters. The summed E-state index contributed by atoms with van der Waals surface area (Å²) in [7, 11) is 1.57. The van der Waals surface area contributed by atoms with Crippen molar-refractivity contribution in [1.82, 2.24) is 10.2 Å². The van der Waals surface area contributed by atoms with Gasteiger partial charge in [-0.3, -0.25) is 4.79 Å². The summed E-state index contributed by atoms with van der Waals surface area (Å²) in [6, 6.07) is 17.3. The topological polar surface area (TPSA) is 78.9 Å². The number of benzene rings is 2. The van der Waals surface area contributed by atoms with Crippen molar-refractivity contribution in [1.29, 1.82) is 0 Å². The van der Waals surface area contributed by atoms with Crippen molar-refractivity contribution in [2.45, 2.75) is 12.6 Å². The number of rotatable bonds is 7. The molecule has 0 aliphatic rings. The van der Waals surface area contributed by atoms with E-state index in [4.69, 9.17) is 9.84 Å². The van der Waals surface area contributed by atoms with Crippen LogP contribution in [0, 0.1) is 0 Å². The van der Waals surface area contributed by atoms with Crippen molar-refractivity contribution >= 4 is 12.0 Å². The molecule has 132 valence electrons. The van der Waals surface area contributed by atoms with Crippen molar-refractivity contribution in [3.8, 4) is 0 Å². The van der Waals surface area contributed by atoms with E-state index in [0.29, 0.717) is 5.56 Å². The molecule has 0 saturated heterocycles. The van der Waals surface area contributed by atoms with Gasteiger partial charge in [-0.2, -0.15) is 0 Å². The highest BCUT2D eigenvalue weighted by Crippen LogP contribution is 2.15. The van der Waals surface area contributed by atoms with Gasteiger partial charge in [-0.15, -0.1) is 0 Å². The van der Waals surface area contributed by atoms with Gasteiger partial charge in [0, 0.05) is 13.6 Å². The van der Waals surface area contributed by atoms with Crippen molar-refractivity contribution in [2.24, 2.45) is 0 Å². The van der Waals surface area contributed by atoms with Crippen LogP contribution in [-0.2, 0) is 16.1 Å². The minimum Gasteiger partial charge on any atom is -0.445 e. The summed E-state index contributed by atoms with van der Waals surface area (Å²) in [4.78, 5) is 26.1. The van der Waals surface area contributed by atoms with E-state index < -0.39 is 12.1 Å². The Morgan fingerprint density at radius 3 is 2.28 bits per heavy atom. The molecule has 0 aromatic heterocycles. The van der Waals surface area contributed by atoms with E-state index in [1.807, 2.05) is 36.4 Å². The molecule has 0 heterocycles. The molecule has 0 bridgehead atoms. The monoisotopic (exact) mass is 342 g/mol. The third kappa shape index (κ3) is 5.61. The number of carbonyl (C=O) groups is 2. The van der Waals surface area contributed by atoms with Gasteiger partial charge >= 0.3 is 6.09 Å². The number of nitrogens with one attached hydrogen (secondary N) is 1. The summed E-state index contributed by atoms with van der Waals surface area (Å²) < 4.78 is 5.20. The van der Waals surface area contributed by atoms with Crippen LogP contribution in [0.5, 0.6) is 0 Å². The van der Waals surface area contributed by atoms with Crippen molar-refractivity contribution in [3.05, 3.63) is 71.8 Å². The van der Waals surface area contributed by atoms with Gasteiger partial charge in [0.15, 0.2) is 0 Å². The molecule has 0 radical (unpaired) electrons. The van der Waals surface area contributed by atoms with E-state index in [0.717, 1.165) is 5.56 Å². The molecule has 0 aliphatic heterocycles. The maximum Gasteiger partial charge on any atom is 0.408 e. The van der Waals surface area contributed by atoms with Crippen molar-refractivity contribution in [3.63, 3.8) is 0 Å². The third-order valence-electron chi connectivity index (χ3n) is 3.67. The highest BCUT2D eigenvalue weighted by molar-refractivity contribution is 5.86. The lowest BCUT2D eigenvalue weighted by Gasteiger charge is -2.24. The van der Waals surface area contributed by atoms with Crippen LogP contribution in [0.3, 0.4) is 0 Å². The Bertz CT molecular complexity index is 676. The predicted octanol–water partition coefficient (Wildman–Crippen LogP) is 2.10. The van der Waals surface area contributed by atoms with E-state index in [2.05, 4.69) is 5.32 Å². The minimum atomic E-state index is -0.874. The Kier molecular flexibility index (Phi) is 6.98. The van der Waals surface area contributed by atoms with Gasteiger partial charge in [0.1, 0.15) is 12.6 Å². The van der Waals surface area contributed by atoms with Crippen LogP contribution >= 0.6 is 0 Å². The number of nitrogens with zero attached hydrogens (tertiary/aromatic N) is 1. The first-order valence-electron chi connectivity index (χ1n) is 8.00. The second-order valence-corrected chi connectivity index (χ2v) is 5.53. The van der Waals surface area contributed by atoms with Gasteiger partial charge < -0.3 is 20.1 Å². The number of amides is 2. The van der Waals surface area contributed by atoms with Crippen molar-refractivity contribution < 1.29 is 19.4 Å². The molecule has 2 rings (SSSR count). The van der Waals surface area contributed by atoms with Gasteiger partial charge in [-0.25, -0.2) is 4.79 Å². The molecule has 2 aromatic rings. The summed E-state index contributed by atoms with van der Waals surface area (Å²) >= 11 is 0. The molecule has 6 nitrogen and oxygen atoms in total. The predicted molar refractivity (Wildman–Crippen MR) is 93.7 cm³/mol. The molecule has 6 heteroatoms. The number of hydrogen-bond donors (Lipinski definition) is 2. The maximum absolute atomic E-state index is 12.6. The van der Waals surface area contributed by atoms with Crippen LogP contribution in [0.1, 0.15) is 17.2 Å². The summed E-state index contributed by atoms with van der Waals surface area (Å²) in [6.45, 7) is 0.153. The first-order valence-corrected chi connectivity index (χ1v) is 8.00. The maximum atomic E-state index is 12.6. The van der Waals surface area contributed by atoms with E-state index in [9.17, 15) is 9.59 Å². The molecule has 0 spiro atoms. The van der Waals surface area contributed by atoms with Gasteiger partial charge in [-0.05, 0) is 11.1 Å². The Morgan fingerprint density at radius 1 is 1.08 bits per heavy atom. The molecule has 25 heavy (non-hydrogen) atoms. The van der Waals surface area contributed by atoms with Crippen LogP contribution in [0.25, 0.3) is 0 Å². The standard InChI is InChI=1S/C19H22N2O4/c1-21(12-13-22)18(23)17(16-10-6-3-7-11-16)20-19(24)25-14-15-8-4-2-5-9-15/h2-11,17,22H,12-14H2,1H3,(H,20,24). The van der Waals surface area contributed by atoms with Crippen LogP contribution in [0.2, 0.25) is 0 Å². The number of alkyl carbamates (subject to hydrolysis) is 1. The number of likely N-dealkylation sites (N-methyl/N-ethyl adjacent to an activating group) is 1. The minimum absolute atomic E-state index is 0.120. The van der Waals surface area contributed by atoms with E-state index in [-0.39, 0.29) is 25.7 Å². The summed E-state index contributed by atoms with van der Waals surface area (Å²) in [5, 5.41) is 11.6. The zero-order valence-electron chi connectivity index (χ0n) is 14.1. The molecule has 0 saturated carbocycles. The average Bonchev–Trinajstić information content (AvgIpc) is 2.65. The third-order valence-corrected chi connectivity index (χ3v) is 3.67. The molecule has 0 fully saturated rings. The van der Waals surface area contributed by atoms with E-state index in [1.54, 1.807) is 31.3 Å². The fraction of sp³-hybridized carbons (Fsp3) is 0.263. The van der Waals surface area contributed by atoms with E-state index in [1.165, 1.54) is 4.90 Å². The Balaban J connectivity index is 2.05. The fourth-order valence-corrected chi connectivity index (χ4v) is 2.30. The smallest absolute Gasteiger partial charge is 0.408 e. The Labute approximate surface area is 147 Å². The quantitative estimate of drug-likeness (QED) is 0.808. The number of ether oxygens (including phenoxy) is 1. The summed E-state index contributed by atoms with van der Waals surface area (Å²) in [5.41, 5.74) is 1.51. The van der Waals surface area contributed by atoms with E-state index >= 15 is 0 Å². The van der Waals surface area contributed by atoms with Crippen LogP contribution in [0.4, 0.5) is 4.79 Å². The number of aliphatic hydroxyl groups is 1. The lowest BCUT2D eigenvalue weighted by Crippen LogP contribution is -2.42. The Hall–Kier alpha value is -2.86. The molecule has 0 aliphatic carbocycles. The average molecular weight is 342 g/mol. The van der Waals surface area contributed by atoms with Gasteiger partial charge in [0.2, 0.25) is 5.91 Å². The largest absolute Gasteiger partial charge is 0.445 e. The lowest BCUT2D eigenvalue weighted by atomic mass is 10.1. The highest BCUT2D eigenvalue weighted by Gasteiger charge is 2.26. The van der Waals surface area contributed by atoms with Gasteiger partial charge in [0.05, 0.1) is 6.61 Å². The zero-order valence-corrected chi connectivity index (χ0v) is 14.1. The second kappa shape index (κ2) is 9.44. The fourth-order valence-electron chi connectivity index (χ4n) is 2.30. The summed E-state index contributed by atoms with van der Waals surface area (Å²) in [6.07, 6.45) is -0.677. The first-order chi connectivity index (χ1) is 12.1. The van der Waals surface area contributed by atoms with Gasteiger partial charge in [0.25, 0.3) is 0 Å². The molecule has 2 amide bonds. The molecule has 1 atom stereocenters. The number of carbonyl (C=O) groups excluding carboxylic acids is 2. The number of hydrogen-bond acceptors (Lipinski definition) is 4. The summed E-state index contributed by atoms with van der Waals surface area (Å²) in [5.74, 6) is -0.322. The molecular formula is C19H22N2O4. The number of aliphatic hydroxyl groups excluding tert-OH is 1. The second-order valence-electron chi connectivity index (χ2n) is 5.53. The zero-order chi connectivity index (χ0) is 18.1. The SMILES string of the molecule is CN(CCO)C(=O)C(NC(=O)OCc1ccccc1)c1ccccc1. The molecular weight excluding hydrogens is 320 g/mol. The normalized spacial score (nSPS) is 11.4. The van der Waals surface area contributed by atoms with Crippen LogP contribution in [0.15, 0.2) is 60.7 Å². The van der Waals surface area contributed by atoms with Crippen molar-refractivity contribution in [2.75, 3.05) is 20.2 Å². The van der Waals surface area contributed by atoms with Crippen LogP contribution < -0.4 is 5.32 Å². The van der Waals surface area contributed by atoms with Gasteiger partial charge in [-0.1, -0.05) is 60.7 Å².